The van der Waals surface area contributed by atoms with Crippen molar-refractivity contribution >= 4 is 16.8 Å². The van der Waals surface area contributed by atoms with Crippen molar-refractivity contribution in [3.05, 3.63) is 59.8 Å². The van der Waals surface area contributed by atoms with Gasteiger partial charge in [-0.3, -0.25) is 9.78 Å². The number of rotatable bonds is 4. The van der Waals surface area contributed by atoms with E-state index < -0.39 is 0 Å². The number of aromatic nitrogens is 3. The number of fused-ring (bicyclic) bond motifs is 2. The Morgan fingerprint density at radius 3 is 2.96 bits per heavy atom. The first-order valence-electron chi connectivity index (χ1n) is 8.90. The summed E-state index contributed by atoms with van der Waals surface area (Å²) in [5.74, 6) is 0.00426. The maximum Gasteiger partial charge on any atom is 0.255 e. The highest BCUT2D eigenvalue weighted by Crippen LogP contribution is 2.26. The number of para-hydroxylation sites is 1. The van der Waals surface area contributed by atoms with Crippen LogP contribution in [-0.4, -0.2) is 44.6 Å². The molecular weight excluding hydrogens is 328 g/mol. The second kappa shape index (κ2) is 6.88. The maximum atomic E-state index is 13.4. The second-order valence-electron chi connectivity index (χ2n) is 6.57. The summed E-state index contributed by atoms with van der Waals surface area (Å²) in [5.41, 5.74) is 3.65. The van der Waals surface area contributed by atoms with E-state index in [1.54, 1.807) is 12.3 Å². The number of ether oxygens (including phenoxy) is 1. The molecule has 1 aliphatic heterocycles. The Morgan fingerprint density at radius 2 is 2.12 bits per heavy atom. The van der Waals surface area contributed by atoms with Crippen molar-refractivity contribution in [1.82, 2.24) is 19.4 Å². The highest BCUT2D eigenvalue weighted by Gasteiger charge is 2.33. The van der Waals surface area contributed by atoms with E-state index in [-0.39, 0.29) is 11.9 Å². The van der Waals surface area contributed by atoms with Crippen molar-refractivity contribution in [2.45, 2.75) is 25.9 Å². The molecule has 1 amide bonds. The fourth-order valence-corrected chi connectivity index (χ4v) is 3.60. The summed E-state index contributed by atoms with van der Waals surface area (Å²) in [6, 6.07) is 9.54. The number of imidazole rings is 1. The van der Waals surface area contributed by atoms with Gasteiger partial charge in [-0.25, -0.2) is 4.98 Å². The molecule has 0 aliphatic carbocycles. The quantitative estimate of drug-likeness (QED) is 0.726. The molecule has 6 heteroatoms. The third kappa shape index (κ3) is 2.86. The molecule has 4 rings (SSSR count). The molecule has 3 aromatic rings. The molecule has 0 N–H and O–H groups in total. The van der Waals surface area contributed by atoms with Crippen LogP contribution < -0.4 is 0 Å². The molecule has 26 heavy (non-hydrogen) atoms. The predicted octanol–water partition coefficient (Wildman–Crippen LogP) is 2.57. The van der Waals surface area contributed by atoms with Gasteiger partial charge in [-0.05, 0) is 19.1 Å². The zero-order valence-electron chi connectivity index (χ0n) is 15.1. The molecule has 6 nitrogen and oxygen atoms in total. The number of benzene rings is 1. The Morgan fingerprint density at radius 1 is 1.27 bits per heavy atom. The van der Waals surface area contributed by atoms with E-state index in [1.165, 1.54) is 5.69 Å². The lowest BCUT2D eigenvalue weighted by Crippen LogP contribution is -2.47. The van der Waals surface area contributed by atoms with Gasteiger partial charge in [0.05, 0.1) is 42.3 Å². The van der Waals surface area contributed by atoms with E-state index >= 15 is 0 Å². The molecule has 0 bridgehead atoms. The fraction of sp³-hybridized carbons (Fsp3) is 0.350. The Hall–Kier alpha value is -2.73. The van der Waals surface area contributed by atoms with Crippen LogP contribution in [0.5, 0.6) is 0 Å². The van der Waals surface area contributed by atoms with Gasteiger partial charge in [-0.2, -0.15) is 0 Å². The van der Waals surface area contributed by atoms with E-state index in [2.05, 4.69) is 9.97 Å². The Balaban J connectivity index is 1.72. The molecule has 2 aromatic heterocycles. The zero-order valence-corrected chi connectivity index (χ0v) is 15.1. The largest absolute Gasteiger partial charge is 0.380 e. The van der Waals surface area contributed by atoms with Gasteiger partial charge in [-0.15, -0.1) is 0 Å². The van der Waals surface area contributed by atoms with Gasteiger partial charge in [0.15, 0.2) is 0 Å². The number of amides is 1. The number of aryl methyl sites for hydroxylation is 1. The summed E-state index contributed by atoms with van der Waals surface area (Å²) >= 11 is 0. The number of carbonyl (C=O) groups is 1. The van der Waals surface area contributed by atoms with Gasteiger partial charge in [-0.1, -0.05) is 18.2 Å². The highest BCUT2D eigenvalue weighted by molar-refractivity contribution is 6.06. The lowest BCUT2D eigenvalue weighted by molar-refractivity contribution is 0.0388. The molecule has 0 radical (unpaired) electrons. The van der Waals surface area contributed by atoms with Crippen LogP contribution in [0.25, 0.3) is 10.9 Å². The molecule has 1 aliphatic rings. The van der Waals surface area contributed by atoms with Crippen LogP contribution in [0.15, 0.2) is 42.9 Å². The Labute approximate surface area is 152 Å². The Bertz CT molecular complexity index is 945. The smallest absolute Gasteiger partial charge is 0.255 e. The predicted molar refractivity (Wildman–Crippen MR) is 98.8 cm³/mol. The summed E-state index contributed by atoms with van der Waals surface area (Å²) in [5, 5.41) is 0.877. The number of hydrogen-bond acceptors (Lipinski definition) is 4. The van der Waals surface area contributed by atoms with Crippen LogP contribution in [-0.2, 0) is 24.8 Å². The first-order valence-corrected chi connectivity index (χ1v) is 8.90. The van der Waals surface area contributed by atoms with Crippen LogP contribution in [0, 0.1) is 0 Å². The first-order chi connectivity index (χ1) is 12.7. The third-order valence-electron chi connectivity index (χ3n) is 4.99. The van der Waals surface area contributed by atoms with E-state index in [1.807, 2.05) is 54.0 Å². The number of nitrogens with zero attached hydrogens (tertiary/aromatic N) is 4. The van der Waals surface area contributed by atoms with Gasteiger partial charge in [0.2, 0.25) is 0 Å². The molecule has 0 unspecified atom stereocenters. The lowest BCUT2D eigenvalue weighted by Gasteiger charge is -2.35. The molecule has 0 saturated carbocycles. The number of carbonyl (C=O) groups excluding carboxylic acids is 1. The molecule has 3 heterocycles. The molecule has 0 saturated heterocycles. The van der Waals surface area contributed by atoms with Crippen molar-refractivity contribution in [3.63, 3.8) is 0 Å². The van der Waals surface area contributed by atoms with Crippen molar-refractivity contribution in [1.29, 1.82) is 0 Å². The fourth-order valence-electron chi connectivity index (χ4n) is 3.60. The maximum absolute atomic E-state index is 13.4. The first kappa shape index (κ1) is 16.7. The van der Waals surface area contributed by atoms with Gasteiger partial charge < -0.3 is 14.2 Å². The lowest BCUT2D eigenvalue weighted by atomic mass is 10.0. The topological polar surface area (TPSA) is 60.2 Å². The minimum Gasteiger partial charge on any atom is -0.380 e. The summed E-state index contributed by atoms with van der Waals surface area (Å²) in [4.78, 5) is 24.1. The Kier molecular flexibility index (Phi) is 4.42. The molecule has 1 atom stereocenters. The average molecular weight is 350 g/mol. The normalized spacial score (nSPS) is 16.7. The highest BCUT2D eigenvalue weighted by atomic mass is 16.5. The van der Waals surface area contributed by atoms with E-state index in [9.17, 15) is 4.79 Å². The molecule has 0 spiro atoms. The molecule has 0 fully saturated rings. The molecule has 1 aromatic carbocycles. The number of hydrogen-bond donors (Lipinski definition) is 0. The molecule has 134 valence electrons. The minimum atomic E-state index is -0.00252. The summed E-state index contributed by atoms with van der Waals surface area (Å²) in [7, 11) is 2.00. The summed E-state index contributed by atoms with van der Waals surface area (Å²) < 4.78 is 7.71. The van der Waals surface area contributed by atoms with Crippen molar-refractivity contribution in [3.8, 4) is 0 Å². The third-order valence-corrected chi connectivity index (χ3v) is 4.99. The monoisotopic (exact) mass is 350 g/mol. The van der Waals surface area contributed by atoms with Crippen LogP contribution in [0.1, 0.15) is 28.7 Å². The van der Waals surface area contributed by atoms with Crippen LogP contribution in [0.2, 0.25) is 0 Å². The van der Waals surface area contributed by atoms with Gasteiger partial charge in [0.1, 0.15) is 0 Å². The van der Waals surface area contributed by atoms with Crippen LogP contribution in [0.3, 0.4) is 0 Å². The van der Waals surface area contributed by atoms with E-state index in [0.717, 1.165) is 23.0 Å². The SMILES string of the molecule is CCOC[C@@H]1Cc2c(ncn2C)CN1C(=O)c1ccnc2ccccc12. The second-order valence-corrected chi connectivity index (χ2v) is 6.57. The van der Waals surface area contributed by atoms with E-state index in [4.69, 9.17) is 4.74 Å². The molecular formula is C20H22N4O2. The van der Waals surface area contributed by atoms with Crippen LogP contribution >= 0.6 is 0 Å². The van der Waals surface area contributed by atoms with Crippen molar-refractivity contribution in [2.24, 2.45) is 7.05 Å². The van der Waals surface area contributed by atoms with E-state index in [0.29, 0.717) is 25.3 Å². The van der Waals surface area contributed by atoms with Gasteiger partial charge >= 0.3 is 0 Å². The minimum absolute atomic E-state index is 0.00252. The van der Waals surface area contributed by atoms with Crippen molar-refractivity contribution in [2.75, 3.05) is 13.2 Å². The average Bonchev–Trinajstić information content (AvgIpc) is 3.04. The van der Waals surface area contributed by atoms with Gasteiger partial charge in [0.25, 0.3) is 5.91 Å². The van der Waals surface area contributed by atoms with Crippen LogP contribution in [0.4, 0.5) is 0 Å². The standard InChI is InChI=1S/C20H22N4O2/c1-3-26-12-14-10-19-18(22-13-23(19)2)11-24(14)20(25)16-8-9-21-17-7-5-4-6-15(16)17/h4-9,13-14H,3,10-12H2,1-2H3/t14-/m0/s1. The number of pyridine rings is 1. The summed E-state index contributed by atoms with van der Waals surface area (Å²) in [6.45, 7) is 3.63. The summed E-state index contributed by atoms with van der Waals surface area (Å²) in [6.07, 6.45) is 4.27. The van der Waals surface area contributed by atoms with Gasteiger partial charge in [0, 0.05) is 37.4 Å². The van der Waals surface area contributed by atoms with Crippen molar-refractivity contribution < 1.29 is 9.53 Å². The zero-order chi connectivity index (χ0) is 18.1.